The van der Waals surface area contributed by atoms with Gasteiger partial charge in [-0.2, -0.15) is 0 Å². The molecule has 16 heavy (non-hydrogen) atoms. The lowest BCUT2D eigenvalue weighted by Crippen LogP contribution is -2.08. The zero-order chi connectivity index (χ0) is 11.5. The third kappa shape index (κ3) is 2.14. The van der Waals surface area contributed by atoms with Crippen molar-refractivity contribution in [3.8, 4) is 0 Å². The smallest absolute Gasteiger partial charge is 0.111 e. The zero-order valence-corrected chi connectivity index (χ0v) is 9.54. The first-order chi connectivity index (χ1) is 7.70. The van der Waals surface area contributed by atoms with Crippen molar-refractivity contribution >= 4 is 0 Å². The number of rotatable bonds is 4. The third-order valence-electron chi connectivity index (χ3n) is 2.58. The van der Waals surface area contributed by atoms with E-state index in [1.54, 1.807) is 12.5 Å². The molecule has 2 rings (SSSR count). The maximum atomic E-state index is 10.00. The summed E-state index contributed by atoms with van der Waals surface area (Å²) in [5, 5.41) is 10.00. The van der Waals surface area contributed by atoms with E-state index in [0.29, 0.717) is 12.1 Å². The SMILES string of the molecule is CCn1ccnc1CC(O)c1cn(C)cn1. The Morgan fingerprint density at radius 2 is 2.25 bits per heavy atom. The van der Waals surface area contributed by atoms with Crippen molar-refractivity contribution in [2.45, 2.75) is 26.0 Å². The molecule has 2 aromatic heterocycles. The van der Waals surface area contributed by atoms with Gasteiger partial charge in [0.2, 0.25) is 0 Å². The highest BCUT2D eigenvalue weighted by Gasteiger charge is 2.14. The zero-order valence-electron chi connectivity index (χ0n) is 9.54. The molecule has 0 radical (unpaired) electrons. The van der Waals surface area contributed by atoms with Gasteiger partial charge in [-0.15, -0.1) is 0 Å². The number of aromatic nitrogens is 4. The normalized spacial score (nSPS) is 12.9. The lowest BCUT2D eigenvalue weighted by atomic mass is 10.2. The minimum atomic E-state index is -0.589. The van der Waals surface area contributed by atoms with Crippen LogP contribution in [0.25, 0.3) is 0 Å². The molecule has 2 heterocycles. The predicted octanol–water partition coefficient (Wildman–Crippen LogP) is 0.913. The molecule has 5 nitrogen and oxygen atoms in total. The summed E-state index contributed by atoms with van der Waals surface area (Å²) in [7, 11) is 1.89. The second-order valence-electron chi connectivity index (χ2n) is 3.81. The Kier molecular flexibility index (Phi) is 3.05. The molecule has 2 aromatic rings. The molecule has 1 atom stereocenters. The summed E-state index contributed by atoms with van der Waals surface area (Å²) in [5.41, 5.74) is 0.688. The van der Waals surface area contributed by atoms with Gasteiger partial charge in [-0.25, -0.2) is 9.97 Å². The largest absolute Gasteiger partial charge is 0.386 e. The second kappa shape index (κ2) is 4.49. The van der Waals surface area contributed by atoms with E-state index >= 15 is 0 Å². The number of aryl methyl sites for hydroxylation is 2. The predicted molar refractivity (Wildman–Crippen MR) is 59.8 cm³/mol. The molecule has 1 N–H and O–H groups in total. The third-order valence-corrected chi connectivity index (χ3v) is 2.58. The molecule has 0 aliphatic carbocycles. The highest BCUT2D eigenvalue weighted by molar-refractivity contribution is 5.05. The van der Waals surface area contributed by atoms with Crippen LogP contribution in [0.15, 0.2) is 24.9 Å². The van der Waals surface area contributed by atoms with Crippen LogP contribution in [-0.4, -0.2) is 24.2 Å². The van der Waals surface area contributed by atoms with Crippen LogP contribution in [-0.2, 0) is 20.0 Å². The molecule has 0 saturated carbocycles. The highest BCUT2D eigenvalue weighted by Crippen LogP contribution is 2.15. The first-order valence-electron chi connectivity index (χ1n) is 5.36. The van der Waals surface area contributed by atoms with E-state index in [0.717, 1.165) is 12.4 Å². The summed E-state index contributed by atoms with van der Waals surface area (Å²) in [4.78, 5) is 8.36. The van der Waals surface area contributed by atoms with Crippen molar-refractivity contribution in [3.05, 3.63) is 36.4 Å². The molecule has 5 heteroatoms. The fraction of sp³-hybridized carbons (Fsp3) is 0.455. The maximum Gasteiger partial charge on any atom is 0.111 e. The number of imidazole rings is 2. The lowest BCUT2D eigenvalue weighted by Gasteiger charge is -2.08. The minimum Gasteiger partial charge on any atom is -0.386 e. The van der Waals surface area contributed by atoms with Gasteiger partial charge in [-0.05, 0) is 6.92 Å². The van der Waals surface area contributed by atoms with Gasteiger partial charge in [-0.3, -0.25) is 0 Å². The van der Waals surface area contributed by atoms with Crippen LogP contribution in [0, 0.1) is 0 Å². The van der Waals surface area contributed by atoms with Crippen LogP contribution >= 0.6 is 0 Å². The average Bonchev–Trinajstić information content (AvgIpc) is 2.86. The molecule has 0 aromatic carbocycles. The van der Waals surface area contributed by atoms with E-state index in [-0.39, 0.29) is 0 Å². The number of nitrogens with zero attached hydrogens (tertiary/aromatic N) is 4. The Hall–Kier alpha value is -1.62. The Morgan fingerprint density at radius 1 is 1.44 bits per heavy atom. The molecule has 86 valence electrons. The van der Waals surface area contributed by atoms with Crippen molar-refractivity contribution in [2.75, 3.05) is 0 Å². The van der Waals surface area contributed by atoms with E-state index in [2.05, 4.69) is 16.9 Å². The van der Waals surface area contributed by atoms with Crippen molar-refractivity contribution in [2.24, 2.45) is 7.05 Å². The van der Waals surface area contributed by atoms with Gasteiger partial charge in [0.25, 0.3) is 0 Å². The van der Waals surface area contributed by atoms with Gasteiger partial charge in [0.05, 0.1) is 12.0 Å². The summed E-state index contributed by atoms with van der Waals surface area (Å²) in [6.07, 6.45) is 7.09. The first-order valence-corrected chi connectivity index (χ1v) is 5.36. The van der Waals surface area contributed by atoms with Crippen LogP contribution in [0.2, 0.25) is 0 Å². The fourth-order valence-electron chi connectivity index (χ4n) is 1.70. The first kappa shape index (κ1) is 10.9. The quantitative estimate of drug-likeness (QED) is 0.833. The average molecular weight is 220 g/mol. The molecule has 0 saturated heterocycles. The summed E-state index contributed by atoms with van der Waals surface area (Å²) < 4.78 is 3.84. The Balaban J connectivity index is 2.10. The highest BCUT2D eigenvalue weighted by atomic mass is 16.3. The van der Waals surface area contributed by atoms with Crippen LogP contribution < -0.4 is 0 Å². The Bertz CT molecular complexity index is 460. The monoisotopic (exact) mass is 220 g/mol. The number of aliphatic hydroxyl groups is 1. The molecular weight excluding hydrogens is 204 g/mol. The van der Waals surface area contributed by atoms with Crippen LogP contribution in [0.1, 0.15) is 24.5 Å². The van der Waals surface area contributed by atoms with E-state index in [9.17, 15) is 5.11 Å². The lowest BCUT2D eigenvalue weighted by molar-refractivity contribution is 0.170. The summed E-state index contributed by atoms with van der Waals surface area (Å²) in [5.74, 6) is 0.889. The van der Waals surface area contributed by atoms with Crippen molar-refractivity contribution in [1.82, 2.24) is 19.1 Å². The van der Waals surface area contributed by atoms with E-state index in [1.165, 1.54) is 0 Å². The number of aliphatic hydroxyl groups excluding tert-OH is 1. The fourth-order valence-corrected chi connectivity index (χ4v) is 1.70. The van der Waals surface area contributed by atoms with Crippen LogP contribution in [0.5, 0.6) is 0 Å². The summed E-state index contributed by atoms with van der Waals surface area (Å²) in [6, 6.07) is 0. The topological polar surface area (TPSA) is 55.9 Å². The molecule has 0 aliphatic rings. The summed E-state index contributed by atoms with van der Waals surface area (Å²) in [6.45, 7) is 2.92. The molecule has 0 fully saturated rings. The van der Waals surface area contributed by atoms with Gasteiger partial charge in [0.1, 0.15) is 11.9 Å². The standard InChI is InChI=1S/C11H16N4O/c1-3-15-5-4-12-11(15)6-10(16)9-7-14(2)8-13-9/h4-5,7-8,10,16H,3,6H2,1-2H3. The molecule has 0 amide bonds. The van der Waals surface area contributed by atoms with E-state index in [4.69, 9.17) is 0 Å². The number of hydrogen-bond acceptors (Lipinski definition) is 3. The van der Waals surface area contributed by atoms with Crippen LogP contribution in [0.4, 0.5) is 0 Å². The Labute approximate surface area is 94.4 Å². The van der Waals surface area contributed by atoms with Crippen molar-refractivity contribution < 1.29 is 5.11 Å². The molecule has 0 bridgehead atoms. The number of hydrogen-bond donors (Lipinski definition) is 1. The molecular formula is C11H16N4O. The molecule has 0 spiro atoms. The molecule has 1 unspecified atom stereocenters. The van der Waals surface area contributed by atoms with Gasteiger partial charge < -0.3 is 14.2 Å². The maximum absolute atomic E-state index is 10.00. The van der Waals surface area contributed by atoms with Crippen LogP contribution in [0.3, 0.4) is 0 Å². The van der Waals surface area contributed by atoms with Gasteiger partial charge in [-0.1, -0.05) is 0 Å². The van der Waals surface area contributed by atoms with Crippen molar-refractivity contribution in [3.63, 3.8) is 0 Å². The Morgan fingerprint density at radius 3 is 2.88 bits per heavy atom. The summed E-state index contributed by atoms with van der Waals surface area (Å²) >= 11 is 0. The molecule has 0 aliphatic heterocycles. The second-order valence-corrected chi connectivity index (χ2v) is 3.81. The van der Waals surface area contributed by atoms with Crippen molar-refractivity contribution in [1.29, 1.82) is 0 Å². The van der Waals surface area contributed by atoms with Gasteiger partial charge in [0.15, 0.2) is 0 Å². The van der Waals surface area contributed by atoms with E-state index < -0.39 is 6.10 Å². The van der Waals surface area contributed by atoms with Gasteiger partial charge >= 0.3 is 0 Å². The minimum absolute atomic E-state index is 0.498. The van der Waals surface area contributed by atoms with Gasteiger partial charge in [0, 0.05) is 38.6 Å². The van der Waals surface area contributed by atoms with E-state index in [1.807, 2.05) is 28.6 Å².